The number of nitrogens with one attached hydrogen (secondary N) is 2. The van der Waals surface area contributed by atoms with Gasteiger partial charge in [0.15, 0.2) is 11.5 Å². The highest BCUT2D eigenvalue weighted by Crippen LogP contribution is 2.30. The van der Waals surface area contributed by atoms with Gasteiger partial charge in [-0.2, -0.15) is 0 Å². The fraction of sp³-hybridized carbons (Fsp3) is 0.476. The van der Waals surface area contributed by atoms with E-state index in [9.17, 15) is 4.79 Å². The van der Waals surface area contributed by atoms with E-state index in [-0.39, 0.29) is 5.91 Å². The Morgan fingerprint density at radius 3 is 2.39 bits per heavy atom. The van der Waals surface area contributed by atoms with Gasteiger partial charge < -0.3 is 20.1 Å². The highest BCUT2D eigenvalue weighted by molar-refractivity contribution is 6.03. The molecule has 0 saturated heterocycles. The van der Waals surface area contributed by atoms with Crippen molar-refractivity contribution in [2.75, 3.05) is 24.9 Å². The van der Waals surface area contributed by atoms with Crippen LogP contribution in [0.4, 0.5) is 11.5 Å². The third-order valence-corrected chi connectivity index (χ3v) is 4.92. The van der Waals surface area contributed by atoms with Gasteiger partial charge in [0.05, 0.1) is 14.2 Å². The Labute approximate surface area is 165 Å². The van der Waals surface area contributed by atoms with E-state index in [2.05, 4.69) is 20.6 Å². The maximum atomic E-state index is 12.7. The van der Waals surface area contributed by atoms with E-state index >= 15 is 0 Å². The van der Waals surface area contributed by atoms with E-state index in [0.717, 1.165) is 12.8 Å². The summed E-state index contributed by atoms with van der Waals surface area (Å²) in [5, 5.41) is 6.35. The standard InChI is InChI=1S/C21H28N4O3/c1-14-22-17(13-20(23-14)24-15-8-6-4-5-7-9-15)21(26)25-16-10-11-18(27-2)19(12-16)28-3/h10-13,15H,4-9H2,1-3H3,(H,25,26)(H,22,23,24). The van der Waals surface area contributed by atoms with Crippen molar-refractivity contribution in [1.82, 2.24) is 9.97 Å². The zero-order chi connectivity index (χ0) is 19.9. The number of amides is 1. The second-order valence-corrected chi connectivity index (χ2v) is 7.04. The second kappa shape index (κ2) is 9.39. The van der Waals surface area contributed by atoms with Crippen molar-refractivity contribution < 1.29 is 14.3 Å². The minimum Gasteiger partial charge on any atom is -0.493 e. The van der Waals surface area contributed by atoms with Gasteiger partial charge in [0.1, 0.15) is 17.3 Å². The first-order valence-corrected chi connectivity index (χ1v) is 9.74. The lowest BCUT2D eigenvalue weighted by Gasteiger charge is -2.17. The van der Waals surface area contributed by atoms with E-state index in [1.807, 2.05) is 0 Å². The molecule has 0 aliphatic heterocycles. The Hall–Kier alpha value is -2.83. The summed E-state index contributed by atoms with van der Waals surface area (Å²) in [5.74, 6) is 2.14. The quantitative estimate of drug-likeness (QED) is 0.727. The number of hydrogen-bond acceptors (Lipinski definition) is 6. The number of carbonyl (C=O) groups excluding carboxylic acids is 1. The van der Waals surface area contributed by atoms with Crippen LogP contribution in [0.3, 0.4) is 0 Å². The van der Waals surface area contributed by atoms with Crippen molar-refractivity contribution in [3.05, 3.63) is 35.8 Å². The zero-order valence-electron chi connectivity index (χ0n) is 16.7. The molecule has 1 heterocycles. The normalized spacial score (nSPS) is 14.8. The molecule has 28 heavy (non-hydrogen) atoms. The maximum absolute atomic E-state index is 12.7. The van der Waals surface area contributed by atoms with Gasteiger partial charge in [0, 0.05) is 23.9 Å². The molecule has 1 fully saturated rings. The Balaban J connectivity index is 1.73. The summed E-state index contributed by atoms with van der Waals surface area (Å²) in [4.78, 5) is 21.5. The molecule has 1 aromatic heterocycles. The van der Waals surface area contributed by atoms with E-state index in [1.54, 1.807) is 45.4 Å². The molecule has 7 nitrogen and oxygen atoms in total. The van der Waals surface area contributed by atoms with Crippen LogP contribution in [-0.2, 0) is 0 Å². The monoisotopic (exact) mass is 384 g/mol. The first-order chi connectivity index (χ1) is 13.6. The number of carbonyl (C=O) groups is 1. The first-order valence-electron chi connectivity index (χ1n) is 9.74. The molecule has 1 aliphatic rings. The van der Waals surface area contributed by atoms with E-state index in [1.165, 1.54) is 25.7 Å². The lowest BCUT2D eigenvalue weighted by molar-refractivity contribution is 0.102. The predicted octanol–water partition coefficient (Wildman–Crippen LogP) is 4.19. The van der Waals surface area contributed by atoms with E-state index < -0.39 is 0 Å². The van der Waals surface area contributed by atoms with Gasteiger partial charge in [0.25, 0.3) is 5.91 Å². The highest BCUT2D eigenvalue weighted by Gasteiger charge is 2.16. The molecule has 0 atom stereocenters. The van der Waals surface area contributed by atoms with Gasteiger partial charge in [-0.05, 0) is 31.9 Å². The summed E-state index contributed by atoms with van der Waals surface area (Å²) < 4.78 is 10.5. The summed E-state index contributed by atoms with van der Waals surface area (Å²) in [6.45, 7) is 1.80. The van der Waals surface area contributed by atoms with Crippen molar-refractivity contribution >= 4 is 17.4 Å². The molecule has 0 unspecified atom stereocenters. The van der Waals surface area contributed by atoms with Gasteiger partial charge >= 0.3 is 0 Å². The third kappa shape index (κ3) is 5.12. The Kier molecular flexibility index (Phi) is 6.68. The number of rotatable bonds is 6. The van der Waals surface area contributed by atoms with Crippen LogP contribution in [-0.4, -0.2) is 36.1 Å². The van der Waals surface area contributed by atoms with Gasteiger partial charge in [0.2, 0.25) is 0 Å². The molecule has 1 amide bonds. The van der Waals surface area contributed by atoms with Crippen molar-refractivity contribution in [2.24, 2.45) is 0 Å². The van der Waals surface area contributed by atoms with Crippen LogP contribution in [0.5, 0.6) is 11.5 Å². The van der Waals surface area contributed by atoms with Crippen LogP contribution >= 0.6 is 0 Å². The lowest BCUT2D eigenvalue weighted by Crippen LogP contribution is -2.21. The number of aromatic nitrogens is 2. The lowest BCUT2D eigenvalue weighted by atomic mass is 10.1. The van der Waals surface area contributed by atoms with Crippen molar-refractivity contribution in [3.63, 3.8) is 0 Å². The van der Waals surface area contributed by atoms with Crippen LogP contribution in [0.2, 0.25) is 0 Å². The first kappa shape index (κ1) is 19.9. The number of nitrogens with zero attached hydrogens (tertiary/aromatic N) is 2. The van der Waals surface area contributed by atoms with Gasteiger partial charge in [-0.25, -0.2) is 9.97 Å². The van der Waals surface area contributed by atoms with Gasteiger partial charge in [-0.15, -0.1) is 0 Å². The molecule has 0 spiro atoms. The topological polar surface area (TPSA) is 85.4 Å². The zero-order valence-corrected chi connectivity index (χ0v) is 16.7. The van der Waals surface area contributed by atoms with Crippen LogP contribution < -0.4 is 20.1 Å². The average molecular weight is 384 g/mol. The molecule has 1 aromatic carbocycles. The molecule has 0 radical (unpaired) electrons. The second-order valence-electron chi connectivity index (χ2n) is 7.04. The molecule has 2 aromatic rings. The summed E-state index contributed by atoms with van der Waals surface area (Å²) in [7, 11) is 3.13. The molecule has 2 N–H and O–H groups in total. The SMILES string of the molecule is COc1ccc(NC(=O)c2cc(NC3CCCCCC3)nc(C)n2)cc1OC. The average Bonchev–Trinajstić information content (AvgIpc) is 2.96. The molecule has 3 rings (SSSR count). The van der Waals surface area contributed by atoms with Crippen molar-refractivity contribution in [3.8, 4) is 11.5 Å². The summed E-state index contributed by atoms with van der Waals surface area (Å²) in [6, 6.07) is 7.35. The molecule has 0 bridgehead atoms. The van der Waals surface area contributed by atoms with E-state index in [0.29, 0.717) is 40.6 Å². The Morgan fingerprint density at radius 1 is 1.00 bits per heavy atom. The number of benzene rings is 1. The molecular weight excluding hydrogens is 356 g/mol. The van der Waals surface area contributed by atoms with Crippen LogP contribution in [0, 0.1) is 6.92 Å². The van der Waals surface area contributed by atoms with Crippen molar-refractivity contribution in [1.29, 1.82) is 0 Å². The number of methoxy groups -OCH3 is 2. The largest absolute Gasteiger partial charge is 0.493 e. The molecule has 1 aliphatic carbocycles. The molecule has 7 heteroatoms. The third-order valence-electron chi connectivity index (χ3n) is 4.92. The smallest absolute Gasteiger partial charge is 0.274 e. The fourth-order valence-electron chi connectivity index (χ4n) is 3.50. The summed E-state index contributed by atoms with van der Waals surface area (Å²) >= 11 is 0. The van der Waals surface area contributed by atoms with Gasteiger partial charge in [-0.3, -0.25) is 4.79 Å². The van der Waals surface area contributed by atoms with Gasteiger partial charge in [-0.1, -0.05) is 25.7 Å². The highest BCUT2D eigenvalue weighted by atomic mass is 16.5. The fourth-order valence-corrected chi connectivity index (χ4v) is 3.50. The summed E-state index contributed by atoms with van der Waals surface area (Å²) in [5.41, 5.74) is 0.940. The number of aryl methyl sites for hydroxylation is 1. The molecule has 1 saturated carbocycles. The number of ether oxygens (including phenoxy) is 2. The number of anilines is 2. The minimum atomic E-state index is -0.290. The summed E-state index contributed by atoms with van der Waals surface area (Å²) in [6.07, 6.45) is 7.31. The predicted molar refractivity (Wildman–Crippen MR) is 109 cm³/mol. The van der Waals surface area contributed by atoms with Crippen LogP contribution in [0.1, 0.15) is 54.8 Å². The maximum Gasteiger partial charge on any atom is 0.274 e. The minimum absolute atomic E-state index is 0.290. The Morgan fingerprint density at radius 2 is 1.71 bits per heavy atom. The van der Waals surface area contributed by atoms with Crippen LogP contribution in [0.15, 0.2) is 24.3 Å². The molecule has 150 valence electrons. The van der Waals surface area contributed by atoms with Crippen LogP contribution in [0.25, 0.3) is 0 Å². The number of hydrogen-bond donors (Lipinski definition) is 2. The Bertz CT molecular complexity index is 817. The van der Waals surface area contributed by atoms with E-state index in [4.69, 9.17) is 9.47 Å². The molecular formula is C21H28N4O3. The van der Waals surface area contributed by atoms with Crippen molar-refractivity contribution in [2.45, 2.75) is 51.5 Å².